The number of aryl methyl sites for hydroxylation is 1. The van der Waals surface area contributed by atoms with Crippen LogP contribution in [-0.4, -0.2) is 31.1 Å². The van der Waals surface area contributed by atoms with Crippen molar-refractivity contribution in [3.05, 3.63) is 29.3 Å². The molecule has 0 heterocycles. The Labute approximate surface area is 104 Å². The van der Waals surface area contributed by atoms with E-state index in [0.717, 1.165) is 30.5 Å². The summed E-state index contributed by atoms with van der Waals surface area (Å²) in [5.74, 6) is 0.933. The lowest BCUT2D eigenvalue weighted by Crippen LogP contribution is -2.26. The molecule has 1 aliphatic rings. The molecule has 1 fully saturated rings. The zero-order chi connectivity index (χ0) is 12.3. The van der Waals surface area contributed by atoms with Crippen molar-refractivity contribution in [2.45, 2.75) is 32.4 Å². The van der Waals surface area contributed by atoms with E-state index in [2.05, 4.69) is 31.0 Å². The molecule has 94 valence electrons. The van der Waals surface area contributed by atoms with E-state index < -0.39 is 0 Å². The molecular weight excluding hydrogens is 212 g/mol. The van der Waals surface area contributed by atoms with E-state index in [1.807, 2.05) is 6.07 Å². The van der Waals surface area contributed by atoms with Crippen molar-refractivity contribution in [3.63, 3.8) is 0 Å². The molecule has 0 bridgehead atoms. The van der Waals surface area contributed by atoms with Gasteiger partial charge in [-0.1, -0.05) is 17.7 Å². The summed E-state index contributed by atoms with van der Waals surface area (Å²) in [5, 5.41) is 0. The third-order valence-corrected chi connectivity index (χ3v) is 3.31. The van der Waals surface area contributed by atoms with Crippen LogP contribution in [0.2, 0.25) is 0 Å². The Morgan fingerprint density at radius 2 is 2.18 bits per heavy atom. The molecule has 3 nitrogen and oxygen atoms in total. The zero-order valence-electron chi connectivity index (χ0n) is 10.8. The minimum absolute atomic E-state index is 0.537. The van der Waals surface area contributed by atoms with Crippen LogP contribution in [0.4, 0.5) is 0 Å². The third kappa shape index (κ3) is 3.45. The van der Waals surface area contributed by atoms with E-state index in [-0.39, 0.29) is 0 Å². The Hall–Kier alpha value is -1.06. The van der Waals surface area contributed by atoms with Crippen molar-refractivity contribution in [2.75, 3.05) is 20.2 Å². The van der Waals surface area contributed by atoms with Gasteiger partial charge in [-0.15, -0.1) is 0 Å². The van der Waals surface area contributed by atoms with Crippen LogP contribution < -0.4 is 10.5 Å². The topological polar surface area (TPSA) is 38.5 Å². The van der Waals surface area contributed by atoms with Gasteiger partial charge in [0.05, 0.1) is 0 Å². The minimum atomic E-state index is 0.537. The van der Waals surface area contributed by atoms with Gasteiger partial charge in [-0.25, -0.2) is 0 Å². The molecule has 1 aromatic carbocycles. The first-order chi connectivity index (χ1) is 8.20. The number of hydrogen-bond acceptors (Lipinski definition) is 3. The molecule has 0 radical (unpaired) electrons. The monoisotopic (exact) mass is 234 g/mol. The minimum Gasteiger partial charge on any atom is -0.492 e. The highest BCUT2D eigenvalue weighted by Crippen LogP contribution is 2.25. The first-order valence-corrected chi connectivity index (χ1v) is 6.33. The van der Waals surface area contributed by atoms with E-state index in [1.165, 1.54) is 18.4 Å². The van der Waals surface area contributed by atoms with Crippen molar-refractivity contribution in [3.8, 4) is 5.75 Å². The van der Waals surface area contributed by atoms with Crippen LogP contribution >= 0.6 is 0 Å². The highest BCUT2D eigenvalue weighted by atomic mass is 16.5. The fourth-order valence-electron chi connectivity index (χ4n) is 2.01. The number of nitrogens with zero attached hydrogens (tertiary/aromatic N) is 1. The third-order valence-electron chi connectivity index (χ3n) is 3.31. The molecule has 2 rings (SSSR count). The van der Waals surface area contributed by atoms with E-state index in [1.54, 1.807) is 0 Å². The van der Waals surface area contributed by atoms with E-state index in [4.69, 9.17) is 10.5 Å². The van der Waals surface area contributed by atoms with Crippen molar-refractivity contribution in [1.82, 2.24) is 4.90 Å². The molecule has 2 N–H and O–H groups in total. The molecule has 0 aromatic heterocycles. The van der Waals surface area contributed by atoms with Gasteiger partial charge in [-0.05, 0) is 32.9 Å². The number of ether oxygens (including phenoxy) is 1. The van der Waals surface area contributed by atoms with E-state index in [9.17, 15) is 0 Å². The standard InChI is InChI=1S/C14H22N2O/c1-11-3-6-14(12(9-11)10-15)17-8-7-16(2)13-4-5-13/h3,6,9,13H,4-5,7-8,10,15H2,1-2H3. The van der Waals surface area contributed by atoms with Gasteiger partial charge >= 0.3 is 0 Å². The molecule has 1 aliphatic carbocycles. The molecule has 17 heavy (non-hydrogen) atoms. The van der Waals surface area contributed by atoms with Crippen LogP contribution in [0.25, 0.3) is 0 Å². The van der Waals surface area contributed by atoms with Gasteiger partial charge in [-0.3, -0.25) is 0 Å². The van der Waals surface area contributed by atoms with Gasteiger partial charge in [-0.2, -0.15) is 0 Å². The average Bonchev–Trinajstić information content (AvgIpc) is 3.14. The molecule has 1 aromatic rings. The second-order valence-electron chi connectivity index (χ2n) is 4.88. The Bertz CT molecular complexity index is 374. The van der Waals surface area contributed by atoms with Crippen LogP contribution in [0.3, 0.4) is 0 Å². The normalized spacial score (nSPS) is 15.3. The number of benzene rings is 1. The number of nitrogens with two attached hydrogens (primary N) is 1. The quantitative estimate of drug-likeness (QED) is 0.817. The Kier molecular flexibility index (Phi) is 4.02. The van der Waals surface area contributed by atoms with Gasteiger partial charge < -0.3 is 15.4 Å². The van der Waals surface area contributed by atoms with Crippen LogP contribution in [0.15, 0.2) is 18.2 Å². The summed E-state index contributed by atoms with van der Waals surface area (Å²) >= 11 is 0. The number of rotatable bonds is 6. The maximum atomic E-state index is 5.81. The summed E-state index contributed by atoms with van der Waals surface area (Å²) < 4.78 is 5.81. The highest BCUT2D eigenvalue weighted by molar-refractivity contribution is 5.36. The van der Waals surface area contributed by atoms with Crippen LogP contribution in [-0.2, 0) is 6.54 Å². The number of likely N-dealkylation sites (N-methyl/N-ethyl adjacent to an activating group) is 1. The molecule has 0 atom stereocenters. The summed E-state index contributed by atoms with van der Waals surface area (Å²) in [7, 11) is 2.17. The van der Waals surface area contributed by atoms with Gasteiger partial charge in [0, 0.05) is 24.7 Å². The summed E-state index contributed by atoms with van der Waals surface area (Å²) in [6.07, 6.45) is 2.68. The smallest absolute Gasteiger partial charge is 0.123 e. The maximum absolute atomic E-state index is 5.81. The first-order valence-electron chi connectivity index (χ1n) is 6.33. The van der Waals surface area contributed by atoms with E-state index >= 15 is 0 Å². The summed E-state index contributed by atoms with van der Waals surface area (Å²) in [4.78, 5) is 2.37. The number of hydrogen-bond donors (Lipinski definition) is 1. The molecule has 0 amide bonds. The lowest BCUT2D eigenvalue weighted by Gasteiger charge is -2.17. The van der Waals surface area contributed by atoms with Gasteiger partial charge in [0.1, 0.15) is 12.4 Å². The van der Waals surface area contributed by atoms with Crippen molar-refractivity contribution in [2.24, 2.45) is 5.73 Å². The molecular formula is C14H22N2O. The van der Waals surface area contributed by atoms with E-state index in [0.29, 0.717) is 6.54 Å². The predicted molar refractivity (Wildman–Crippen MR) is 70.2 cm³/mol. The average molecular weight is 234 g/mol. The van der Waals surface area contributed by atoms with Gasteiger partial charge in [0.15, 0.2) is 0 Å². The lowest BCUT2D eigenvalue weighted by molar-refractivity contribution is 0.230. The maximum Gasteiger partial charge on any atom is 0.123 e. The van der Waals surface area contributed by atoms with Crippen LogP contribution in [0.1, 0.15) is 24.0 Å². The molecule has 0 spiro atoms. The SMILES string of the molecule is Cc1ccc(OCCN(C)C2CC2)c(CN)c1. The van der Waals surface area contributed by atoms with Crippen LogP contribution in [0.5, 0.6) is 5.75 Å². The summed E-state index contributed by atoms with van der Waals surface area (Å²) in [6.45, 7) is 4.34. The van der Waals surface area contributed by atoms with Gasteiger partial charge in [0.2, 0.25) is 0 Å². The second-order valence-corrected chi connectivity index (χ2v) is 4.88. The summed E-state index contributed by atoms with van der Waals surface area (Å²) in [6, 6.07) is 6.99. The van der Waals surface area contributed by atoms with Crippen molar-refractivity contribution < 1.29 is 4.74 Å². The second kappa shape index (κ2) is 5.52. The molecule has 0 aliphatic heterocycles. The molecule has 0 saturated heterocycles. The van der Waals surface area contributed by atoms with Crippen molar-refractivity contribution in [1.29, 1.82) is 0 Å². The largest absolute Gasteiger partial charge is 0.492 e. The Morgan fingerprint density at radius 1 is 1.41 bits per heavy atom. The fraction of sp³-hybridized carbons (Fsp3) is 0.571. The zero-order valence-corrected chi connectivity index (χ0v) is 10.8. The van der Waals surface area contributed by atoms with Crippen LogP contribution in [0, 0.1) is 6.92 Å². The molecule has 0 unspecified atom stereocenters. The fourth-order valence-corrected chi connectivity index (χ4v) is 2.01. The first kappa shape index (κ1) is 12.4. The lowest BCUT2D eigenvalue weighted by atomic mass is 10.1. The summed E-state index contributed by atoms with van der Waals surface area (Å²) in [5.41, 5.74) is 8.04. The van der Waals surface area contributed by atoms with Gasteiger partial charge in [0.25, 0.3) is 0 Å². The molecule has 3 heteroatoms. The highest BCUT2D eigenvalue weighted by Gasteiger charge is 2.25. The Morgan fingerprint density at radius 3 is 2.82 bits per heavy atom. The Balaban J connectivity index is 1.85. The van der Waals surface area contributed by atoms with Crippen molar-refractivity contribution >= 4 is 0 Å². The predicted octanol–water partition coefficient (Wildman–Crippen LogP) is 1.93. The molecule has 1 saturated carbocycles.